The number of ether oxygens (including phenoxy) is 1. The first-order chi connectivity index (χ1) is 12.7. The lowest BCUT2D eigenvalue weighted by molar-refractivity contribution is -0.116. The highest BCUT2D eigenvalue weighted by Gasteiger charge is 2.12. The van der Waals surface area contributed by atoms with Gasteiger partial charge in [-0.3, -0.25) is 9.69 Å². The first-order valence-corrected chi connectivity index (χ1v) is 8.79. The molecule has 1 saturated heterocycles. The smallest absolute Gasteiger partial charge is 0.244 e. The summed E-state index contributed by atoms with van der Waals surface area (Å²) in [5.41, 5.74) is 3.12. The van der Waals surface area contributed by atoms with Crippen LogP contribution in [-0.4, -0.2) is 37.1 Å². The first-order valence-electron chi connectivity index (χ1n) is 8.79. The summed E-state index contributed by atoms with van der Waals surface area (Å²) < 4.78 is 18.3. The molecule has 1 N–H and O–H groups in total. The summed E-state index contributed by atoms with van der Waals surface area (Å²) in [5.74, 6) is -0.459. The molecule has 5 heteroatoms. The Labute approximate surface area is 153 Å². The van der Waals surface area contributed by atoms with Crippen LogP contribution in [0.3, 0.4) is 0 Å². The SMILES string of the molecule is O=C(/C=C/c1ccc(F)cc1)NCc1ccccc1CN1CCOCC1. The summed E-state index contributed by atoms with van der Waals surface area (Å²) >= 11 is 0. The molecule has 0 saturated carbocycles. The molecule has 2 aromatic carbocycles. The van der Waals surface area contributed by atoms with E-state index in [0.717, 1.165) is 44.0 Å². The van der Waals surface area contributed by atoms with Crippen LogP contribution in [-0.2, 0) is 22.6 Å². The summed E-state index contributed by atoms with van der Waals surface area (Å²) in [6.07, 6.45) is 3.15. The Balaban J connectivity index is 1.55. The van der Waals surface area contributed by atoms with E-state index in [1.165, 1.54) is 23.8 Å². The van der Waals surface area contributed by atoms with Crippen molar-refractivity contribution in [3.05, 3.63) is 77.1 Å². The average molecular weight is 354 g/mol. The zero-order valence-corrected chi connectivity index (χ0v) is 14.7. The highest BCUT2D eigenvalue weighted by atomic mass is 19.1. The number of hydrogen-bond acceptors (Lipinski definition) is 3. The van der Waals surface area contributed by atoms with E-state index >= 15 is 0 Å². The van der Waals surface area contributed by atoms with Crippen LogP contribution in [0, 0.1) is 5.82 Å². The molecule has 2 aromatic rings. The molecule has 0 unspecified atom stereocenters. The number of carbonyl (C=O) groups is 1. The standard InChI is InChI=1S/C21H23FN2O2/c22-20-8-5-17(6-9-20)7-10-21(25)23-15-18-3-1-2-4-19(18)16-24-11-13-26-14-12-24/h1-10H,11-16H2,(H,23,25)/b10-7+. The molecule has 26 heavy (non-hydrogen) atoms. The van der Waals surface area contributed by atoms with Crippen LogP contribution in [0.15, 0.2) is 54.6 Å². The molecule has 0 aliphatic carbocycles. The average Bonchev–Trinajstić information content (AvgIpc) is 2.68. The van der Waals surface area contributed by atoms with Crippen molar-refractivity contribution >= 4 is 12.0 Å². The topological polar surface area (TPSA) is 41.6 Å². The second-order valence-electron chi connectivity index (χ2n) is 6.26. The van der Waals surface area contributed by atoms with Gasteiger partial charge in [-0.2, -0.15) is 0 Å². The molecular formula is C21H23FN2O2. The number of carbonyl (C=O) groups excluding carboxylic acids is 1. The number of nitrogens with one attached hydrogen (secondary N) is 1. The number of nitrogens with zero attached hydrogens (tertiary/aromatic N) is 1. The summed E-state index contributed by atoms with van der Waals surface area (Å²) in [6.45, 7) is 4.75. The fourth-order valence-electron chi connectivity index (χ4n) is 2.87. The van der Waals surface area contributed by atoms with Crippen LogP contribution in [0.25, 0.3) is 6.08 Å². The van der Waals surface area contributed by atoms with Crippen molar-refractivity contribution in [1.29, 1.82) is 0 Å². The van der Waals surface area contributed by atoms with E-state index in [-0.39, 0.29) is 11.7 Å². The maximum atomic E-state index is 12.9. The van der Waals surface area contributed by atoms with E-state index in [0.29, 0.717) is 6.54 Å². The van der Waals surface area contributed by atoms with Gasteiger partial charge in [-0.05, 0) is 34.9 Å². The Bertz CT molecular complexity index is 753. The summed E-state index contributed by atoms with van der Waals surface area (Å²) in [5, 5.41) is 2.92. The van der Waals surface area contributed by atoms with Crippen LogP contribution in [0.4, 0.5) is 4.39 Å². The predicted molar refractivity (Wildman–Crippen MR) is 99.8 cm³/mol. The molecule has 3 rings (SSSR count). The second kappa shape index (κ2) is 9.27. The van der Waals surface area contributed by atoms with Gasteiger partial charge < -0.3 is 10.1 Å². The highest BCUT2D eigenvalue weighted by molar-refractivity contribution is 5.91. The Morgan fingerprint density at radius 2 is 1.77 bits per heavy atom. The molecule has 0 atom stereocenters. The number of morpholine rings is 1. The Morgan fingerprint density at radius 1 is 1.08 bits per heavy atom. The van der Waals surface area contributed by atoms with Gasteiger partial charge in [0, 0.05) is 32.3 Å². The number of rotatable bonds is 6. The summed E-state index contributed by atoms with van der Waals surface area (Å²) in [6, 6.07) is 14.2. The minimum Gasteiger partial charge on any atom is -0.379 e. The van der Waals surface area contributed by atoms with Crippen LogP contribution < -0.4 is 5.32 Å². The van der Waals surface area contributed by atoms with Gasteiger partial charge in [-0.15, -0.1) is 0 Å². The normalized spacial score (nSPS) is 15.3. The fourth-order valence-corrected chi connectivity index (χ4v) is 2.87. The molecular weight excluding hydrogens is 331 g/mol. The first kappa shape index (κ1) is 18.3. The molecule has 4 nitrogen and oxygen atoms in total. The lowest BCUT2D eigenvalue weighted by Crippen LogP contribution is -2.36. The van der Waals surface area contributed by atoms with Gasteiger partial charge in [0.1, 0.15) is 5.82 Å². The third kappa shape index (κ3) is 5.51. The van der Waals surface area contributed by atoms with E-state index in [4.69, 9.17) is 4.74 Å². The van der Waals surface area contributed by atoms with Crippen molar-refractivity contribution in [1.82, 2.24) is 10.2 Å². The van der Waals surface area contributed by atoms with Crippen LogP contribution in [0.5, 0.6) is 0 Å². The maximum Gasteiger partial charge on any atom is 0.244 e. The third-order valence-corrected chi connectivity index (χ3v) is 4.37. The van der Waals surface area contributed by atoms with Gasteiger partial charge in [0.05, 0.1) is 13.2 Å². The van der Waals surface area contributed by atoms with Crippen LogP contribution in [0.1, 0.15) is 16.7 Å². The van der Waals surface area contributed by atoms with Crippen molar-refractivity contribution in [2.75, 3.05) is 26.3 Å². The molecule has 0 bridgehead atoms. The minimum atomic E-state index is -0.288. The minimum absolute atomic E-state index is 0.171. The molecule has 0 radical (unpaired) electrons. The lowest BCUT2D eigenvalue weighted by Gasteiger charge is -2.27. The van der Waals surface area contributed by atoms with Gasteiger partial charge in [0.15, 0.2) is 0 Å². The molecule has 1 heterocycles. The number of benzene rings is 2. The number of amides is 1. The van der Waals surface area contributed by atoms with E-state index in [1.807, 2.05) is 18.2 Å². The van der Waals surface area contributed by atoms with Crippen LogP contribution in [0.2, 0.25) is 0 Å². The van der Waals surface area contributed by atoms with Gasteiger partial charge in [-0.1, -0.05) is 36.4 Å². The largest absolute Gasteiger partial charge is 0.379 e. The lowest BCUT2D eigenvalue weighted by atomic mass is 10.1. The summed E-state index contributed by atoms with van der Waals surface area (Å²) in [4.78, 5) is 14.4. The Kier molecular flexibility index (Phi) is 6.52. The molecule has 0 spiro atoms. The highest BCUT2D eigenvalue weighted by Crippen LogP contribution is 2.13. The quantitative estimate of drug-likeness (QED) is 0.811. The summed E-state index contributed by atoms with van der Waals surface area (Å²) in [7, 11) is 0. The molecule has 1 fully saturated rings. The van der Waals surface area contributed by atoms with Crippen LogP contribution >= 0.6 is 0 Å². The van der Waals surface area contributed by atoms with Gasteiger partial charge in [0.2, 0.25) is 5.91 Å². The fraction of sp³-hybridized carbons (Fsp3) is 0.286. The van der Waals surface area contributed by atoms with Crippen molar-refractivity contribution in [2.45, 2.75) is 13.1 Å². The predicted octanol–water partition coefficient (Wildman–Crippen LogP) is 2.99. The molecule has 1 aliphatic rings. The zero-order valence-electron chi connectivity index (χ0n) is 14.7. The van der Waals surface area contributed by atoms with E-state index < -0.39 is 0 Å². The maximum absolute atomic E-state index is 12.9. The molecule has 0 aromatic heterocycles. The van der Waals surface area contributed by atoms with Crippen molar-refractivity contribution in [3.8, 4) is 0 Å². The third-order valence-electron chi connectivity index (χ3n) is 4.37. The van der Waals surface area contributed by atoms with Gasteiger partial charge >= 0.3 is 0 Å². The second-order valence-corrected chi connectivity index (χ2v) is 6.26. The van der Waals surface area contributed by atoms with Gasteiger partial charge in [-0.25, -0.2) is 4.39 Å². The van der Waals surface area contributed by atoms with Crippen molar-refractivity contribution in [2.24, 2.45) is 0 Å². The Hall–Kier alpha value is -2.50. The monoisotopic (exact) mass is 354 g/mol. The Morgan fingerprint density at radius 3 is 2.50 bits per heavy atom. The van der Waals surface area contributed by atoms with E-state index in [1.54, 1.807) is 18.2 Å². The van der Waals surface area contributed by atoms with Gasteiger partial charge in [0.25, 0.3) is 0 Å². The molecule has 1 aliphatic heterocycles. The number of halogens is 1. The number of hydrogen-bond donors (Lipinski definition) is 1. The molecule has 1 amide bonds. The molecule has 136 valence electrons. The van der Waals surface area contributed by atoms with Crippen molar-refractivity contribution in [3.63, 3.8) is 0 Å². The van der Waals surface area contributed by atoms with E-state index in [9.17, 15) is 9.18 Å². The van der Waals surface area contributed by atoms with Crippen molar-refractivity contribution < 1.29 is 13.9 Å². The zero-order chi connectivity index (χ0) is 18.2. The van der Waals surface area contributed by atoms with E-state index in [2.05, 4.69) is 16.3 Å².